The van der Waals surface area contributed by atoms with Gasteiger partial charge in [-0.1, -0.05) is 13.8 Å². The molecule has 0 aromatic heterocycles. The number of carbonyl (C=O) groups is 1. The van der Waals surface area contributed by atoms with Crippen LogP contribution in [0.25, 0.3) is 0 Å². The Morgan fingerprint density at radius 1 is 1.62 bits per heavy atom. The highest BCUT2D eigenvalue weighted by atomic mass is 16.4. The molecule has 1 rings (SSSR count). The molecule has 4 unspecified atom stereocenters. The van der Waals surface area contributed by atoms with Crippen LogP contribution in [0.15, 0.2) is 0 Å². The number of carboxylic acids is 1. The van der Waals surface area contributed by atoms with Gasteiger partial charge in [0, 0.05) is 6.04 Å². The van der Waals surface area contributed by atoms with E-state index in [9.17, 15) is 4.79 Å². The van der Waals surface area contributed by atoms with E-state index in [1.807, 2.05) is 6.92 Å². The van der Waals surface area contributed by atoms with Crippen LogP contribution in [-0.2, 0) is 4.79 Å². The molecule has 13 heavy (non-hydrogen) atoms. The highest BCUT2D eigenvalue weighted by Crippen LogP contribution is 2.36. The summed E-state index contributed by atoms with van der Waals surface area (Å²) in [4.78, 5) is 10.6. The van der Waals surface area contributed by atoms with Gasteiger partial charge in [0.05, 0.1) is 5.92 Å². The van der Waals surface area contributed by atoms with Gasteiger partial charge in [-0.25, -0.2) is 0 Å². The van der Waals surface area contributed by atoms with E-state index in [-0.39, 0.29) is 12.0 Å². The van der Waals surface area contributed by atoms with Crippen LogP contribution in [-0.4, -0.2) is 23.7 Å². The normalized spacial score (nSPS) is 31.0. The van der Waals surface area contributed by atoms with Gasteiger partial charge in [-0.3, -0.25) is 4.79 Å². The highest BCUT2D eigenvalue weighted by molar-refractivity contribution is 5.70. The minimum atomic E-state index is -0.719. The van der Waals surface area contributed by atoms with Crippen molar-refractivity contribution in [3.63, 3.8) is 0 Å². The molecule has 0 aromatic rings. The summed E-state index contributed by atoms with van der Waals surface area (Å²) in [6.07, 6.45) is 1.29. The van der Waals surface area contributed by atoms with Crippen LogP contribution in [0.1, 0.15) is 27.2 Å². The molecule has 1 aliphatic carbocycles. The molecule has 3 nitrogen and oxygen atoms in total. The van der Waals surface area contributed by atoms with E-state index in [1.165, 1.54) is 6.42 Å². The van der Waals surface area contributed by atoms with Gasteiger partial charge in [-0.05, 0) is 31.7 Å². The van der Waals surface area contributed by atoms with Gasteiger partial charge in [0.1, 0.15) is 0 Å². The average molecular weight is 185 g/mol. The molecule has 0 heterocycles. The number of rotatable bonds is 5. The predicted octanol–water partition coefficient (Wildman–Crippen LogP) is 1.34. The number of hydrogen-bond donors (Lipinski definition) is 2. The summed E-state index contributed by atoms with van der Waals surface area (Å²) in [5.74, 6) is 0.598. The first kappa shape index (κ1) is 10.5. The van der Waals surface area contributed by atoms with Crippen LogP contribution >= 0.6 is 0 Å². The largest absolute Gasteiger partial charge is 0.481 e. The molecule has 76 valence electrons. The first-order valence-electron chi connectivity index (χ1n) is 4.98. The van der Waals surface area contributed by atoms with Gasteiger partial charge in [0.15, 0.2) is 0 Å². The average Bonchev–Trinajstić information content (AvgIpc) is 2.76. The summed E-state index contributed by atoms with van der Waals surface area (Å²) >= 11 is 0. The Kier molecular flexibility index (Phi) is 3.31. The van der Waals surface area contributed by atoms with Crippen molar-refractivity contribution in [1.82, 2.24) is 5.32 Å². The van der Waals surface area contributed by atoms with E-state index in [0.717, 1.165) is 18.4 Å². The predicted molar refractivity (Wildman–Crippen MR) is 51.5 cm³/mol. The molecule has 0 amide bonds. The molecular formula is C10H19NO2. The Morgan fingerprint density at radius 2 is 2.15 bits per heavy atom. The number of hydrogen-bond acceptors (Lipinski definition) is 2. The molecule has 1 aliphatic rings. The molecule has 0 saturated heterocycles. The lowest BCUT2D eigenvalue weighted by molar-refractivity contribution is -0.141. The van der Waals surface area contributed by atoms with Gasteiger partial charge in [0.25, 0.3) is 0 Å². The zero-order chi connectivity index (χ0) is 10.0. The molecular weight excluding hydrogens is 166 g/mol. The topological polar surface area (TPSA) is 49.3 Å². The molecule has 3 heteroatoms. The van der Waals surface area contributed by atoms with Crippen LogP contribution in [0.2, 0.25) is 0 Å². The van der Waals surface area contributed by atoms with Crippen molar-refractivity contribution in [2.75, 3.05) is 6.54 Å². The second-order valence-electron chi connectivity index (χ2n) is 4.30. The maximum absolute atomic E-state index is 10.6. The molecule has 0 aromatic carbocycles. The first-order valence-corrected chi connectivity index (χ1v) is 4.98. The zero-order valence-corrected chi connectivity index (χ0v) is 8.58. The van der Waals surface area contributed by atoms with Crippen molar-refractivity contribution in [2.24, 2.45) is 17.8 Å². The Hall–Kier alpha value is -0.570. The fourth-order valence-corrected chi connectivity index (χ4v) is 1.41. The Bertz CT molecular complexity index is 193. The Morgan fingerprint density at radius 3 is 2.54 bits per heavy atom. The monoisotopic (exact) mass is 185 g/mol. The van der Waals surface area contributed by atoms with E-state index < -0.39 is 5.97 Å². The molecule has 0 spiro atoms. The molecule has 1 saturated carbocycles. The number of nitrogens with one attached hydrogen (secondary N) is 1. The molecule has 0 radical (unpaired) electrons. The summed E-state index contributed by atoms with van der Waals surface area (Å²) in [6, 6.07) is 0.0744. The standard InChI is InChI=1S/C10H19NO2/c1-6-4-9(6)5-11-8(3)7(2)10(12)13/h6-9,11H,4-5H2,1-3H3,(H,12,13). The SMILES string of the molecule is CC1CC1CNC(C)C(C)C(=O)O. The van der Waals surface area contributed by atoms with E-state index in [0.29, 0.717) is 0 Å². The van der Waals surface area contributed by atoms with Crippen LogP contribution in [0.4, 0.5) is 0 Å². The van der Waals surface area contributed by atoms with Crippen molar-refractivity contribution in [2.45, 2.75) is 33.2 Å². The van der Waals surface area contributed by atoms with Gasteiger partial charge < -0.3 is 10.4 Å². The molecule has 4 atom stereocenters. The van der Waals surface area contributed by atoms with Crippen molar-refractivity contribution in [3.8, 4) is 0 Å². The van der Waals surface area contributed by atoms with Crippen LogP contribution in [0.5, 0.6) is 0 Å². The first-order chi connectivity index (χ1) is 6.02. The minimum absolute atomic E-state index is 0.0744. The smallest absolute Gasteiger partial charge is 0.307 e. The van der Waals surface area contributed by atoms with Crippen LogP contribution < -0.4 is 5.32 Å². The van der Waals surface area contributed by atoms with Gasteiger partial charge >= 0.3 is 5.97 Å². The lowest BCUT2D eigenvalue weighted by Crippen LogP contribution is -2.37. The van der Waals surface area contributed by atoms with E-state index in [1.54, 1.807) is 6.92 Å². The summed E-state index contributed by atoms with van der Waals surface area (Å²) in [6.45, 7) is 6.89. The highest BCUT2D eigenvalue weighted by Gasteiger charge is 2.32. The molecule has 0 bridgehead atoms. The van der Waals surface area contributed by atoms with Gasteiger partial charge in [-0.15, -0.1) is 0 Å². The third kappa shape index (κ3) is 2.99. The maximum Gasteiger partial charge on any atom is 0.307 e. The van der Waals surface area contributed by atoms with Crippen molar-refractivity contribution in [3.05, 3.63) is 0 Å². The van der Waals surface area contributed by atoms with Crippen molar-refractivity contribution >= 4 is 5.97 Å². The summed E-state index contributed by atoms with van der Waals surface area (Å²) in [5.41, 5.74) is 0. The summed E-state index contributed by atoms with van der Waals surface area (Å²) < 4.78 is 0. The molecule has 0 aliphatic heterocycles. The van der Waals surface area contributed by atoms with Crippen molar-refractivity contribution in [1.29, 1.82) is 0 Å². The quantitative estimate of drug-likeness (QED) is 0.679. The van der Waals surface area contributed by atoms with E-state index in [4.69, 9.17) is 5.11 Å². The fraction of sp³-hybridized carbons (Fsp3) is 0.900. The van der Waals surface area contributed by atoms with Crippen LogP contribution in [0.3, 0.4) is 0 Å². The zero-order valence-electron chi connectivity index (χ0n) is 8.58. The van der Waals surface area contributed by atoms with E-state index >= 15 is 0 Å². The minimum Gasteiger partial charge on any atom is -0.481 e. The molecule has 1 fully saturated rings. The fourth-order valence-electron chi connectivity index (χ4n) is 1.41. The van der Waals surface area contributed by atoms with E-state index in [2.05, 4.69) is 12.2 Å². The second kappa shape index (κ2) is 4.09. The molecule has 2 N–H and O–H groups in total. The Labute approximate surface area is 79.5 Å². The number of aliphatic carboxylic acids is 1. The third-order valence-corrected chi connectivity index (χ3v) is 3.12. The summed E-state index contributed by atoms with van der Waals surface area (Å²) in [7, 11) is 0. The summed E-state index contributed by atoms with van der Waals surface area (Å²) in [5, 5.41) is 12.0. The lowest BCUT2D eigenvalue weighted by atomic mass is 10.0. The Balaban J connectivity index is 2.16. The van der Waals surface area contributed by atoms with Crippen LogP contribution in [0, 0.1) is 17.8 Å². The number of carboxylic acid groups (broad SMARTS) is 1. The van der Waals surface area contributed by atoms with Crippen molar-refractivity contribution < 1.29 is 9.90 Å². The van der Waals surface area contributed by atoms with Gasteiger partial charge in [-0.2, -0.15) is 0 Å². The second-order valence-corrected chi connectivity index (χ2v) is 4.30. The maximum atomic E-state index is 10.6. The van der Waals surface area contributed by atoms with Gasteiger partial charge in [0.2, 0.25) is 0 Å². The third-order valence-electron chi connectivity index (χ3n) is 3.12. The lowest BCUT2D eigenvalue weighted by Gasteiger charge is -2.17.